The summed E-state index contributed by atoms with van der Waals surface area (Å²) in [4.78, 5) is 34.9. The maximum absolute atomic E-state index is 11.9. The Labute approximate surface area is 141 Å². The predicted molar refractivity (Wildman–Crippen MR) is 86.2 cm³/mol. The van der Waals surface area contributed by atoms with Gasteiger partial charge in [-0.05, 0) is 17.9 Å². The van der Waals surface area contributed by atoms with Crippen molar-refractivity contribution in [2.24, 2.45) is 5.92 Å². The monoisotopic (exact) mass is 335 g/mol. The molecule has 0 unspecified atom stereocenters. The lowest BCUT2D eigenvalue weighted by molar-refractivity contribution is -0.406. The van der Waals surface area contributed by atoms with Gasteiger partial charge in [0.1, 0.15) is 0 Å². The molecular weight excluding hydrogens is 310 g/mol. The van der Waals surface area contributed by atoms with Crippen molar-refractivity contribution < 1.29 is 25.2 Å². The van der Waals surface area contributed by atoms with Crippen molar-refractivity contribution in [1.29, 1.82) is 0 Å². The fraction of sp³-hybridized carbons (Fsp3) is 0.471. The van der Waals surface area contributed by atoms with E-state index in [1.807, 2.05) is 19.9 Å². The highest BCUT2D eigenvalue weighted by Crippen LogP contribution is 2.03. The Morgan fingerprint density at radius 1 is 1.17 bits per heavy atom. The summed E-state index contributed by atoms with van der Waals surface area (Å²) in [7, 11) is 0. The Kier molecular flexibility index (Phi) is 7.91. The third-order valence-electron chi connectivity index (χ3n) is 3.45. The topological polar surface area (TPSA) is 126 Å². The van der Waals surface area contributed by atoms with Gasteiger partial charge in [-0.1, -0.05) is 44.2 Å². The zero-order valence-electron chi connectivity index (χ0n) is 14.1. The van der Waals surface area contributed by atoms with Crippen LogP contribution in [0.2, 0.25) is 0 Å². The molecule has 0 aliphatic rings. The molecule has 0 fully saturated rings. The number of carboxylic acid groups (broad SMARTS) is 1. The Morgan fingerprint density at radius 2 is 1.79 bits per heavy atom. The number of hydrogen-bond acceptors (Lipinski definition) is 4. The number of nitrogens with one attached hydrogen (secondary N) is 2. The summed E-state index contributed by atoms with van der Waals surface area (Å²) in [5, 5.41) is 16.0. The van der Waals surface area contributed by atoms with Gasteiger partial charge in [-0.15, -0.1) is 0 Å². The van der Waals surface area contributed by atoms with Crippen LogP contribution in [0.3, 0.4) is 0 Å². The number of carbonyl (C=O) groups excluding carboxylic acids is 3. The molecule has 2 atom stereocenters. The molecule has 7 heteroatoms. The average molecular weight is 335 g/mol. The smallest absolute Gasteiger partial charge is 0.278 e. The van der Waals surface area contributed by atoms with Crippen molar-refractivity contribution >= 4 is 17.8 Å². The first-order valence-corrected chi connectivity index (χ1v) is 7.94. The zero-order valence-corrected chi connectivity index (χ0v) is 14.1. The summed E-state index contributed by atoms with van der Waals surface area (Å²) >= 11 is 0. The number of benzene rings is 1. The van der Waals surface area contributed by atoms with Crippen LogP contribution < -0.4 is 21.5 Å². The van der Waals surface area contributed by atoms with Gasteiger partial charge in [-0.3, -0.25) is 9.59 Å². The van der Waals surface area contributed by atoms with Gasteiger partial charge < -0.3 is 26.3 Å². The van der Waals surface area contributed by atoms with Crippen LogP contribution in [0.15, 0.2) is 30.3 Å². The second kappa shape index (κ2) is 9.67. The van der Waals surface area contributed by atoms with Gasteiger partial charge in [0.2, 0.25) is 5.91 Å². The second-order valence-corrected chi connectivity index (χ2v) is 6.17. The first-order chi connectivity index (χ1) is 11.3. The summed E-state index contributed by atoms with van der Waals surface area (Å²) in [6.45, 7) is 3.67. The van der Waals surface area contributed by atoms with Crippen LogP contribution in [0.25, 0.3) is 0 Å². The van der Waals surface area contributed by atoms with E-state index in [4.69, 9.17) is 0 Å². The van der Waals surface area contributed by atoms with E-state index in [1.165, 1.54) is 0 Å². The minimum atomic E-state index is -1.37. The lowest BCUT2D eigenvalue weighted by Crippen LogP contribution is -2.68. The summed E-state index contributed by atoms with van der Waals surface area (Å²) in [6, 6.07) is 7.33. The quantitative estimate of drug-likeness (QED) is 0.494. The highest BCUT2D eigenvalue weighted by Gasteiger charge is 2.20. The minimum absolute atomic E-state index is 0.119. The van der Waals surface area contributed by atoms with Crippen molar-refractivity contribution in [3.8, 4) is 0 Å². The average Bonchev–Trinajstić information content (AvgIpc) is 2.52. The number of rotatable bonds is 9. The number of carbonyl (C=O) groups is 3. The van der Waals surface area contributed by atoms with E-state index in [1.54, 1.807) is 24.3 Å². The maximum Gasteiger partial charge on any atom is 0.278 e. The van der Waals surface area contributed by atoms with Crippen molar-refractivity contribution in [2.45, 2.75) is 38.8 Å². The molecule has 24 heavy (non-hydrogen) atoms. The van der Waals surface area contributed by atoms with Gasteiger partial charge in [0, 0.05) is 6.42 Å². The molecule has 0 radical (unpaired) electrons. The van der Waals surface area contributed by atoms with Gasteiger partial charge in [0.25, 0.3) is 5.91 Å². The van der Waals surface area contributed by atoms with Crippen LogP contribution in [0.5, 0.6) is 0 Å². The van der Waals surface area contributed by atoms with E-state index in [9.17, 15) is 19.5 Å². The number of quaternary nitrogens is 1. The molecule has 7 nitrogen and oxygen atoms in total. The third-order valence-corrected chi connectivity index (χ3v) is 3.45. The normalized spacial score (nSPS) is 13.2. The second-order valence-electron chi connectivity index (χ2n) is 6.17. The van der Waals surface area contributed by atoms with Crippen LogP contribution >= 0.6 is 0 Å². The molecule has 1 rings (SSSR count). The number of aliphatic carboxylic acids is 1. The molecule has 0 aliphatic carbocycles. The van der Waals surface area contributed by atoms with Crippen LogP contribution in [0.1, 0.15) is 25.8 Å². The van der Waals surface area contributed by atoms with Crippen molar-refractivity contribution in [3.05, 3.63) is 35.9 Å². The molecule has 2 amide bonds. The van der Waals surface area contributed by atoms with Crippen LogP contribution in [-0.4, -0.2) is 36.4 Å². The van der Waals surface area contributed by atoms with E-state index in [0.29, 0.717) is 12.3 Å². The summed E-state index contributed by atoms with van der Waals surface area (Å²) in [5.41, 5.74) is 4.52. The number of hydrogen-bond donors (Lipinski definition) is 3. The van der Waals surface area contributed by atoms with E-state index >= 15 is 0 Å². The molecule has 5 N–H and O–H groups in total. The van der Waals surface area contributed by atoms with Gasteiger partial charge in [-0.2, -0.15) is 0 Å². The molecule has 0 aromatic heterocycles. The van der Waals surface area contributed by atoms with Gasteiger partial charge in [-0.25, -0.2) is 0 Å². The molecule has 0 bridgehead atoms. The van der Waals surface area contributed by atoms with Crippen LogP contribution in [0, 0.1) is 5.92 Å². The molecule has 0 saturated carbocycles. The number of amides is 2. The fourth-order valence-electron chi connectivity index (χ4n) is 2.28. The molecule has 0 heterocycles. The van der Waals surface area contributed by atoms with Crippen molar-refractivity contribution in [2.75, 3.05) is 6.54 Å². The predicted octanol–water partition coefficient (Wildman–Crippen LogP) is -1.76. The molecule has 0 aliphatic heterocycles. The Hall–Kier alpha value is -2.41. The molecule has 1 aromatic rings. The number of carboxylic acids is 1. The van der Waals surface area contributed by atoms with E-state index < -0.39 is 24.0 Å². The lowest BCUT2D eigenvalue weighted by Gasteiger charge is -2.20. The summed E-state index contributed by atoms with van der Waals surface area (Å²) < 4.78 is 0. The molecule has 1 aromatic carbocycles. The first-order valence-electron chi connectivity index (χ1n) is 7.94. The summed E-state index contributed by atoms with van der Waals surface area (Å²) in [5.74, 6) is -1.95. The molecule has 0 saturated heterocycles. The molecule has 0 spiro atoms. The van der Waals surface area contributed by atoms with Gasteiger partial charge >= 0.3 is 0 Å². The lowest BCUT2D eigenvalue weighted by atomic mass is 10.0. The standard InChI is InChI=1S/C17H25N3O4/c1-11(2)8-13(18)16(22)19-10-15(21)20-14(17(23)24)9-12-6-4-3-5-7-12/h3-7,11,13-14H,8-10,18H2,1-2H3,(H,19,22)(H,20,21)(H,23,24)/t13-,14+/m1/s1. The van der Waals surface area contributed by atoms with E-state index in [0.717, 1.165) is 5.56 Å². The van der Waals surface area contributed by atoms with Crippen LogP contribution in [0.4, 0.5) is 0 Å². The van der Waals surface area contributed by atoms with Gasteiger partial charge in [0.15, 0.2) is 6.04 Å². The van der Waals surface area contributed by atoms with Gasteiger partial charge in [0.05, 0.1) is 18.6 Å². The fourth-order valence-corrected chi connectivity index (χ4v) is 2.28. The van der Waals surface area contributed by atoms with Crippen LogP contribution in [-0.2, 0) is 20.8 Å². The Bertz CT molecular complexity index is 560. The SMILES string of the molecule is CC(C)C[C@@H]([NH3+])C(=O)NCC(=O)N[C@@H](Cc1ccccc1)C(=O)[O-]. The highest BCUT2D eigenvalue weighted by molar-refractivity contribution is 5.88. The van der Waals surface area contributed by atoms with Crippen molar-refractivity contribution in [3.63, 3.8) is 0 Å². The third kappa shape index (κ3) is 7.23. The largest absolute Gasteiger partial charge is 0.548 e. The van der Waals surface area contributed by atoms with E-state index in [2.05, 4.69) is 16.4 Å². The Balaban J connectivity index is 2.48. The first kappa shape index (κ1) is 19.6. The van der Waals surface area contributed by atoms with Crippen molar-refractivity contribution in [1.82, 2.24) is 10.6 Å². The molecular formula is C17H25N3O4. The molecule has 132 valence electrons. The minimum Gasteiger partial charge on any atom is -0.548 e. The summed E-state index contributed by atoms with van der Waals surface area (Å²) in [6.07, 6.45) is 0.733. The highest BCUT2D eigenvalue weighted by atomic mass is 16.4. The maximum atomic E-state index is 11.9. The Morgan fingerprint density at radius 3 is 2.33 bits per heavy atom. The zero-order chi connectivity index (χ0) is 18.1. The van der Waals surface area contributed by atoms with E-state index in [-0.39, 0.29) is 18.9 Å².